The maximum Gasteiger partial charge on any atom is 0.425 e. The van der Waals surface area contributed by atoms with Crippen molar-refractivity contribution < 1.29 is 41.3 Å². The van der Waals surface area contributed by atoms with Gasteiger partial charge in [0.2, 0.25) is 11.8 Å². The number of aliphatic hydroxyl groups excluding tert-OH is 1. The van der Waals surface area contributed by atoms with Crippen LogP contribution in [-0.4, -0.2) is 54.7 Å². The fraction of sp³-hybridized carbons (Fsp3) is 0.350. The van der Waals surface area contributed by atoms with E-state index in [0.29, 0.717) is 23.9 Å². The van der Waals surface area contributed by atoms with E-state index >= 15 is 4.39 Å². The van der Waals surface area contributed by atoms with Gasteiger partial charge in [-0.25, -0.2) is 18.6 Å². The van der Waals surface area contributed by atoms with E-state index in [2.05, 4.69) is 20.4 Å². The Balaban J connectivity index is 2.14. The predicted molar refractivity (Wildman–Crippen MR) is 112 cm³/mol. The van der Waals surface area contributed by atoms with Gasteiger partial charge in [-0.05, 0) is 19.9 Å². The number of hydrogen-bond acceptors (Lipinski definition) is 8. The maximum atomic E-state index is 15.0. The second-order valence-electron chi connectivity index (χ2n) is 7.12. The molecule has 0 aromatic carbocycles. The smallest absolute Gasteiger partial charge is 0.425 e. The van der Waals surface area contributed by atoms with Crippen LogP contribution in [0.2, 0.25) is 0 Å². The molecule has 3 aromatic rings. The molecular formula is C20H19F5N6O5. The van der Waals surface area contributed by atoms with Crippen LogP contribution in [0.25, 0.3) is 5.82 Å². The Morgan fingerprint density at radius 3 is 2.50 bits per heavy atom. The van der Waals surface area contributed by atoms with Crippen molar-refractivity contribution in [1.29, 1.82) is 0 Å². The third-order valence-corrected chi connectivity index (χ3v) is 4.80. The number of aromatic nitrogens is 5. The minimum Gasteiger partial charge on any atom is -0.481 e. The molecule has 194 valence electrons. The standard InChI is InChI=1S/C20H19F5N6O5/c1-4-30-14(8-32)29-31(19(30)34)16-11(21)5-10(18(28-16)36-9(2)20(23,24)25)17(33)27-13-6-15(35-3)26-7-12(13)22/h5-7,9,32H,4,8H2,1-3H3,(H,26,27,33)/t9-/m0/s1. The van der Waals surface area contributed by atoms with Crippen LogP contribution in [-0.2, 0) is 13.2 Å². The number of alkyl halides is 3. The van der Waals surface area contributed by atoms with E-state index in [1.807, 2.05) is 0 Å². The number of ether oxygens (including phenoxy) is 2. The van der Waals surface area contributed by atoms with Crippen molar-refractivity contribution >= 4 is 11.6 Å². The Morgan fingerprint density at radius 2 is 1.94 bits per heavy atom. The summed E-state index contributed by atoms with van der Waals surface area (Å²) in [6, 6.07) is 1.44. The van der Waals surface area contributed by atoms with Crippen LogP contribution < -0.4 is 20.5 Å². The van der Waals surface area contributed by atoms with Crippen LogP contribution in [0.1, 0.15) is 30.0 Å². The lowest BCUT2D eigenvalue weighted by atomic mass is 10.2. The van der Waals surface area contributed by atoms with Crippen LogP contribution in [0.4, 0.5) is 27.6 Å². The number of carbonyl (C=O) groups is 1. The van der Waals surface area contributed by atoms with E-state index in [-0.39, 0.29) is 18.2 Å². The molecule has 36 heavy (non-hydrogen) atoms. The number of amides is 1. The lowest BCUT2D eigenvalue weighted by Crippen LogP contribution is -2.33. The molecule has 16 heteroatoms. The summed E-state index contributed by atoms with van der Waals surface area (Å²) in [4.78, 5) is 32.6. The Bertz CT molecular complexity index is 1340. The summed E-state index contributed by atoms with van der Waals surface area (Å²) in [7, 11) is 1.22. The Labute approximate surface area is 199 Å². The normalized spacial score (nSPS) is 12.4. The second kappa shape index (κ2) is 10.3. The second-order valence-corrected chi connectivity index (χ2v) is 7.12. The quantitative estimate of drug-likeness (QED) is 0.434. The first-order valence-electron chi connectivity index (χ1n) is 10.2. The molecule has 0 aliphatic rings. The minimum atomic E-state index is -4.90. The van der Waals surface area contributed by atoms with Crippen molar-refractivity contribution in [3.8, 4) is 17.6 Å². The van der Waals surface area contributed by atoms with Gasteiger partial charge in [-0.3, -0.25) is 9.36 Å². The Morgan fingerprint density at radius 1 is 1.25 bits per heavy atom. The predicted octanol–water partition coefficient (Wildman–Crippen LogP) is 2.20. The average Bonchev–Trinajstić information content (AvgIpc) is 3.15. The fourth-order valence-corrected chi connectivity index (χ4v) is 2.92. The van der Waals surface area contributed by atoms with Gasteiger partial charge in [0.1, 0.15) is 12.2 Å². The summed E-state index contributed by atoms with van der Waals surface area (Å²) in [5, 5.41) is 15.2. The van der Waals surface area contributed by atoms with Gasteiger partial charge in [-0.2, -0.15) is 22.8 Å². The molecule has 0 spiro atoms. The average molecular weight is 518 g/mol. The zero-order valence-corrected chi connectivity index (χ0v) is 18.9. The zero-order chi connectivity index (χ0) is 26.8. The van der Waals surface area contributed by atoms with Crippen LogP contribution in [0.3, 0.4) is 0 Å². The summed E-state index contributed by atoms with van der Waals surface area (Å²) in [6.45, 7) is 1.48. The van der Waals surface area contributed by atoms with E-state index in [1.165, 1.54) is 14.0 Å². The molecule has 1 amide bonds. The summed E-state index contributed by atoms with van der Waals surface area (Å²) in [6.07, 6.45) is -6.70. The molecule has 0 bridgehead atoms. The van der Waals surface area contributed by atoms with Gasteiger partial charge in [-0.1, -0.05) is 0 Å². The van der Waals surface area contributed by atoms with Crippen molar-refractivity contribution in [2.45, 2.75) is 39.3 Å². The monoisotopic (exact) mass is 518 g/mol. The molecule has 3 rings (SSSR count). The molecule has 0 saturated heterocycles. The molecular weight excluding hydrogens is 499 g/mol. The number of hydrogen-bond donors (Lipinski definition) is 2. The van der Waals surface area contributed by atoms with Gasteiger partial charge in [0, 0.05) is 12.6 Å². The number of carbonyl (C=O) groups excluding carboxylic acids is 1. The highest BCUT2D eigenvalue weighted by Crippen LogP contribution is 2.29. The Hall–Kier alpha value is -4.08. The number of rotatable bonds is 8. The topological polar surface area (TPSA) is 133 Å². The zero-order valence-electron chi connectivity index (χ0n) is 18.9. The number of aliphatic hydroxyl groups is 1. The molecule has 0 unspecified atom stereocenters. The lowest BCUT2D eigenvalue weighted by molar-refractivity contribution is -0.190. The minimum absolute atomic E-state index is 0.0340. The molecule has 0 aliphatic carbocycles. The molecule has 0 radical (unpaired) electrons. The maximum absolute atomic E-state index is 15.0. The number of halogens is 5. The van der Waals surface area contributed by atoms with Crippen LogP contribution >= 0.6 is 0 Å². The molecule has 3 heterocycles. The summed E-state index contributed by atoms with van der Waals surface area (Å²) in [5.41, 5.74) is -2.27. The van der Waals surface area contributed by atoms with E-state index < -0.39 is 65.1 Å². The molecule has 0 aliphatic heterocycles. The molecule has 1 atom stereocenters. The summed E-state index contributed by atoms with van der Waals surface area (Å²) >= 11 is 0. The highest BCUT2D eigenvalue weighted by molar-refractivity contribution is 6.06. The van der Waals surface area contributed by atoms with Crippen molar-refractivity contribution in [3.05, 3.63) is 51.8 Å². The third kappa shape index (κ3) is 5.27. The van der Waals surface area contributed by atoms with Crippen molar-refractivity contribution in [2.75, 3.05) is 12.4 Å². The van der Waals surface area contributed by atoms with Gasteiger partial charge < -0.3 is 19.9 Å². The molecule has 2 N–H and O–H groups in total. The number of nitrogens with one attached hydrogen (secondary N) is 1. The highest BCUT2D eigenvalue weighted by Gasteiger charge is 2.39. The van der Waals surface area contributed by atoms with Gasteiger partial charge >= 0.3 is 11.9 Å². The van der Waals surface area contributed by atoms with E-state index in [1.54, 1.807) is 0 Å². The van der Waals surface area contributed by atoms with Crippen LogP contribution in [0.5, 0.6) is 11.8 Å². The fourth-order valence-electron chi connectivity index (χ4n) is 2.92. The van der Waals surface area contributed by atoms with Gasteiger partial charge in [-0.15, -0.1) is 5.10 Å². The Kier molecular flexibility index (Phi) is 7.57. The van der Waals surface area contributed by atoms with Crippen molar-refractivity contribution in [3.63, 3.8) is 0 Å². The highest BCUT2D eigenvalue weighted by atomic mass is 19.4. The number of methoxy groups -OCH3 is 1. The van der Waals surface area contributed by atoms with Crippen LogP contribution in [0.15, 0.2) is 23.1 Å². The van der Waals surface area contributed by atoms with Gasteiger partial charge in [0.05, 0.1) is 19.0 Å². The number of pyridine rings is 2. The van der Waals surface area contributed by atoms with E-state index in [4.69, 9.17) is 9.47 Å². The molecule has 0 saturated carbocycles. The molecule has 0 fully saturated rings. The SMILES string of the molecule is CCn1c(CO)nn(-c2nc(O[C@@H](C)C(F)(F)F)c(C(=O)Nc3cc(OC)ncc3F)cc2F)c1=O. The first-order valence-corrected chi connectivity index (χ1v) is 10.2. The first kappa shape index (κ1) is 26.5. The largest absolute Gasteiger partial charge is 0.481 e. The number of nitrogens with zero attached hydrogens (tertiary/aromatic N) is 5. The van der Waals surface area contributed by atoms with Gasteiger partial charge in [0.15, 0.2) is 29.4 Å². The summed E-state index contributed by atoms with van der Waals surface area (Å²) in [5.74, 6) is -5.82. The first-order chi connectivity index (χ1) is 16.9. The number of anilines is 1. The molecule has 3 aromatic heterocycles. The summed E-state index contributed by atoms with van der Waals surface area (Å²) < 4.78 is 79.6. The van der Waals surface area contributed by atoms with E-state index in [0.717, 1.165) is 10.6 Å². The van der Waals surface area contributed by atoms with Gasteiger partial charge in [0.25, 0.3) is 5.91 Å². The third-order valence-electron chi connectivity index (χ3n) is 4.80. The van der Waals surface area contributed by atoms with Crippen molar-refractivity contribution in [2.24, 2.45) is 0 Å². The van der Waals surface area contributed by atoms with Crippen LogP contribution in [0, 0.1) is 11.6 Å². The lowest BCUT2D eigenvalue weighted by Gasteiger charge is -2.19. The van der Waals surface area contributed by atoms with E-state index in [9.17, 15) is 32.3 Å². The van der Waals surface area contributed by atoms with Crippen molar-refractivity contribution in [1.82, 2.24) is 24.3 Å². The molecule has 11 nitrogen and oxygen atoms in total.